The molecule has 0 heterocycles. The largest absolute Gasteiger partial charge is 0.0622 e. The summed E-state index contributed by atoms with van der Waals surface area (Å²) in [6.45, 7) is 7.31. The second-order valence-electron chi connectivity index (χ2n) is 2.69. The van der Waals surface area contributed by atoms with E-state index >= 15 is 0 Å². The first kappa shape index (κ1) is 5.72. The molecule has 0 nitrogen and oxygen atoms in total. The van der Waals surface area contributed by atoms with Gasteiger partial charge in [-0.15, -0.1) is 0 Å². The maximum atomic E-state index is 7.31. The normalized spacial score (nSPS) is 22.8. The molecule has 1 aliphatic rings. The minimum absolute atomic E-state index is 0.459. The van der Waals surface area contributed by atoms with E-state index in [1.165, 1.54) is 5.56 Å². The van der Waals surface area contributed by atoms with E-state index in [-0.39, 0.29) is 0 Å². The Hall–Kier alpha value is -1.04. The Labute approximate surface area is 61.2 Å². The lowest BCUT2D eigenvalue weighted by atomic mass is 10.1. The summed E-state index contributed by atoms with van der Waals surface area (Å²) in [4.78, 5) is 0. The highest BCUT2D eigenvalue weighted by Gasteiger charge is 2.28. The van der Waals surface area contributed by atoms with E-state index in [2.05, 4.69) is 12.1 Å². The highest BCUT2D eigenvalue weighted by Crippen LogP contribution is 2.44. The molecule has 0 heteroatoms. The predicted octanol–water partition coefficient (Wildman–Crippen LogP) is 2.41. The van der Waals surface area contributed by atoms with E-state index in [1.54, 1.807) is 0 Å². The van der Waals surface area contributed by atoms with Crippen LogP contribution in [0.25, 0.3) is 0 Å². The molecule has 1 atom stereocenters. The van der Waals surface area contributed by atoms with E-state index in [0.29, 0.717) is 5.92 Å². The van der Waals surface area contributed by atoms with Crippen LogP contribution in [0.4, 0.5) is 0 Å². The molecule has 0 aromatic heterocycles. The summed E-state index contributed by atoms with van der Waals surface area (Å²) in [6, 6.07) is 10.2. The summed E-state index contributed by atoms with van der Waals surface area (Å²) in [5.74, 6) is 0.459. The van der Waals surface area contributed by atoms with Crippen LogP contribution >= 0.6 is 0 Å². The van der Waals surface area contributed by atoms with Crippen molar-refractivity contribution in [2.24, 2.45) is 0 Å². The Morgan fingerprint density at radius 2 is 1.80 bits per heavy atom. The third kappa shape index (κ3) is 0.860. The average molecular weight is 128 g/mol. The Balaban J connectivity index is 2.28. The van der Waals surface area contributed by atoms with Crippen LogP contribution in [-0.4, -0.2) is 0 Å². The third-order valence-corrected chi connectivity index (χ3v) is 1.89. The molecule has 1 aromatic carbocycles. The molecule has 2 rings (SSSR count). The zero-order chi connectivity index (χ0) is 6.97. The maximum Gasteiger partial charge on any atom is 0.00956 e. The van der Waals surface area contributed by atoms with Crippen LogP contribution in [0, 0.1) is 6.58 Å². The van der Waals surface area contributed by atoms with E-state index in [0.717, 1.165) is 12.0 Å². The number of hydrogen-bond acceptors (Lipinski definition) is 0. The molecule has 1 aromatic rings. The van der Waals surface area contributed by atoms with Gasteiger partial charge in [0, 0.05) is 5.92 Å². The fraction of sp³-hybridized carbons (Fsp3) is 0.200. The van der Waals surface area contributed by atoms with E-state index in [1.807, 2.05) is 18.2 Å². The van der Waals surface area contributed by atoms with Gasteiger partial charge in [0.15, 0.2) is 0 Å². The summed E-state index contributed by atoms with van der Waals surface area (Å²) in [5, 5.41) is 0. The lowest BCUT2D eigenvalue weighted by molar-refractivity contribution is 1.16. The first-order chi connectivity index (χ1) is 4.88. The van der Waals surface area contributed by atoms with Gasteiger partial charge in [0.1, 0.15) is 0 Å². The molecule has 0 saturated heterocycles. The van der Waals surface area contributed by atoms with Crippen molar-refractivity contribution in [1.29, 1.82) is 0 Å². The van der Waals surface area contributed by atoms with Crippen molar-refractivity contribution in [2.75, 3.05) is 0 Å². The minimum Gasteiger partial charge on any atom is -0.0622 e. The molecule has 48 valence electrons. The molecule has 1 aliphatic carbocycles. The predicted molar refractivity (Wildman–Crippen MR) is 40.6 cm³/mol. The topological polar surface area (TPSA) is 0 Å². The number of rotatable bonds is 1. The van der Waals surface area contributed by atoms with E-state index in [4.69, 9.17) is 6.58 Å². The quantitative estimate of drug-likeness (QED) is 0.544. The SMILES string of the molecule is [C]=C1CC1c1ccccc1. The highest BCUT2D eigenvalue weighted by molar-refractivity contribution is 5.37. The van der Waals surface area contributed by atoms with Crippen LogP contribution in [-0.2, 0) is 0 Å². The van der Waals surface area contributed by atoms with Gasteiger partial charge in [-0.25, -0.2) is 0 Å². The molecule has 0 spiro atoms. The van der Waals surface area contributed by atoms with Gasteiger partial charge < -0.3 is 0 Å². The van der Waals surface area contributed by atoms with Crippen LogP contribution in [0.15, 0.2) is 35.9 Å². The van der Waals surface area contributed by atoms with Gasteiger partial charge >= 0.3 is 0 Å². The van der Waals surface area contributed by atoms with Crippen LogP contribution < -0.4 is 0 Å². The number of hydrogen-bond donors (Lipinski definition) is 0. The fourth-order valence-electron chi connectivity index (χ4n) is 1.17. The van der Waals surface area contributed by atoms with Gasteiger partial charge in [0.05, 0.1) is 0 Å². The second kappa shape index (κ2) is 1.98. The van der Waals surface area contributed by atoms with Gasteiger partial charge in [0.25, 0.3) is 0 Å². The van der Waals surface area contributed by atoms with Crippen molar-refractivity contribution in [1.82, 2.24) is 0 Å². The summed E-state index contributed by atoms with van der Waals surface area (Å²) < 4.78 is 0. The van der Waals surface area contributed by atoms with Crippen molar-refractivity contribution in [3.63, 3.8) is 0 Å². The Kier molecular flexibility index (Phi) is 1.13. The third-order valence-electron chi connectivity index (χ3n) is 1.89. The molecule has 2 radical (unpaired) electrons. The Morgan fingerprint density at radius 1 is 1.20 bits per heavy atom. The molecule has 0 N–H and O–H groups in total. The van der Waals surface area contributed by atoms with Gasteiger partial charge in [-0.2, -0.15) is 0 Å². The summed E-state index contributed by atoms with van der Waals surface area (Å²) in [5.41, 5.74) is 2.18. The van der Waals surface area contributed by atoms with Crippen LogP contribution in [0.5, 0.6) is 0 Å². The van der Waals surface area contributed by atoms with Crippen molar-refractivity contribution in [3.8, 4) is 0 Å². The molecule has 1 unspecified atom stereocenters. The fourth-order valence-corrected chi connectivity index (χ4v) is 1.17. The van der Waals surface area contributed by atoms with Crippen molar-refractivity contribution >= 4 is 0 Å². The van der Waals surface area contributed by atoms with Crippen LogP contribution in [0.2, 0.25) is 0 Å². The highest BCUT2D eigenvalue weighted by atomic mass is 14.3. The lowest BCUT2D eigenvalue weighted by Gasteiger charge is -1.92. The van der Waals surface area contributed by atoms with E-state index < -0.39 is 0 Å². The molecular formula is C10H8. The first-order valence-electron chi connectivity index (χ1n) is 3.50. The Bertz CT molecular complexity index is 246. The molecule has 1 saturated carbocycles. The van der Waals surface area contributed by atoms with Crippen LogP contribution in [0.1, 0.15) is 17.9 Å². The smallest absolute Gasteiger partial charge is 0.00956 e. The minimum atomic E-state index is 0.459. The van der Waals surface area contributed by atoms with Crippen molar-refractivity contribution < 1.29 is 0 Å². The molecule has 0 amide bonds. The van der Waals surface area contributed by atoms with E-state index in [9.17, 15) is 0 Å². The summed E-state index contributed by atoms with van der Waals surface area (Å²) in [6.07, 6.45) is 0.976. The molecule has 1 fully saturated rings. The number of allylic oxidation sites excluding steroid dienone is 1. The zero-order valence-corrected chi connectivity index (χ0v) is 5.67. The van der Waals surface area contributed by atoms with Crippen molar-refractivity contribution in [2.45, 2.75) is 12.3 Å². The van der Waals surface area contributed by atoms with Crippen molar-refractivity contribution in [3.05, 3.63) is 48.0 Å². The van der Waals surface area contributed by atoms with Gasteiger partial charge in [-0.3, -0.25) is 0 Å². The van der Waals surface area contributed by atoms with Crippen LogP contribution in [0.3, 0.4) is 0 Å². The maximum absolute atomic E-state index is 7.31. The molecule has 0 bridgehead atoms. The van der Waals surface area contributed by atoms with Gasteiger partial charge in [-0.1, -0.05) is 35.9 Å². The van der Waals surface area contributed by atoms with Gasteiger partial charge in [-0.05, 0) is 18.6 Å². The molecular weight excluding hydrogens is 120 g/mol. The lowest BCUT2D eigenvalue weighted by Crippen LogP contribution is -1.74. The zero-order valence-electron chi connectivity index (χ0n) is 5.67. The Morgan fingerprint density at radius 3 is 2.30 bits per heavy atom. The summed E-state index contributed by atoms with van der Waals surface area (Å²) >= 11 is 0. The average Bonchev–Trinajstić information content (AvgIpc) is 2.69. The van der Waals surface area contributed by atoms with Gasteiger partial charge in [0.2, 0.25) is 0 Å². The monoisotopic (exact) mass is 128 g/mol. The summed E-state index contributed by atoms with van der Waals surface area (Å²) in [7, 11) is 0. The standard InChI is InChI=1S/C10H8/c1-8-7-10(8)9-5-3-2-4-6-9/h2-6,10H,7H2. The first-order valence-corrected chi connectivity index (χ1v) is 3.50. The number of benzene rings is 1. The molecule has 0 aliphatic heterocycles. The second-order valence-corrected chi connectivity index (χ2v) is 2.69. The molecule has 10 heavy (non-hydrogen) atoms.